The third-order valence-corrected chi connectivity index (χ3v) is 11.7. The van der Waals surface area contributed by atoms with E-state index in [1.807, 2.05) is 0 Å². The lowest BCUT2D eigenvalue weighted by atomic mass is 9.43. The van der Waals surface area contributed by atoms with E-state index in [9.17, 15) is 19.2 Å². The van der Waals surface area contributed by atoms with Crippen molar-refractivity contribution in [3.8, 4) is 11.5 Å². The summed E-state index contributed by atoms with van der Waals surface area (Å²) < 4.78 is 42.3. The molecule has 5 aliphatic rings. The smallest absolute Gasteiger partial charge is 0.486 e. The summed E-state index contributed by atoms with van der Waals surface area (Å²) in [6.07, 6.45) is 3.39. The van der Waals surface area contributed by atoms with Crippen LogP contribution in [0.25, 0.3) is 0 Å². The van der Waals surface area contributed by atoms with Crippen molar-refractivity contribution in [2.45, 2.75) is 156 Å². The molecule has 3 saturated carbocycles. The summed E-state index contributed by atoms with van der Waals surface area (Å²) in [5.41, 5.74) is -3.52. The van der Waals surface area contributed by atoms with Crippen LogP contribution in [0.1, 0.15) is 124 Å². The molecule has 7 rings (SSSR count). The summed E-state index contributed by atoms with van der Waals surface area (Å²) in [5, 5.41) is 2.71. The summed E-state index contributed by atoms with van der Waals surface area (Å²) in [4.78, 5) is 62.8. The Hall–Kier alpha value is -4.31. The molecule has 1 unspecified atom stereocenters. The molecule has 3 heterocycles. The number of aromatic amines is 1. The Kier molecular flexibility index (Phi) is 11.2. The number of nitrogens with one attached hydrogen (secondary N) is 2. The van der Waals surface area contributed by atoms with Gasteiger partial charge in [-0.15, -0.1) is 0 Å². The van der Waals surface area contributed by atoms with Gasteiger partial charge in [0.1, 0.15) is 34.2 Å². The number of hydrogen-bond acceptors (Lipinski definition) is 12. The first-order chi connectivity index (χ1) is 26.7. The van der Waals surface area contributed by atoms with Gasteiger partial charge in [0.25, 0.3) is 5.91 Å². The molecular weight excluding hydrogens is 747 g/mol. The number of esters is 1. The number of alkyl carbamates (subject to hydrolysis) is 1. The van der Waals surface area contributed by atoms with Crippen LogP contribution in [0.15, 0.2) is 24.7 Å². The van der Waals surface area contributed by atoms with Gasteiger partial charge in [-0.05, 0) is 131 Å². The van der Waals surface area contributed by atoms with Crippen molar-refractivity contribution in [3.63, 3.8) is 0 Å². The van der Waals surface area contributed by atoms with Crippen molar-refractivity contribution in [1.29, 1.82) is 0 Å². The van der Waals surface area contributed by atoms with Crippen molar-refractivity contribution in [2.24, 2.45) is 17.3 Å². The molecule has 5 fully saturated rings. The lowest BCUT2D eigenvalue weighted by Crippen LogP contribution is -2.65. The van der Waals surface area contributed by atoms with Gasteiger partial charge in [0, 0.05) is 0 Å². The standard InChI is InChI=1S/C42H61BN4O11/c1-37(2,3)54-33(48)31-27(52-26-21-47(22-26)34(49)41(12,29-20-44-23-45-29)46-35(50)55-38(4,5)6)15-14-24(32(31)53-36(51)56-39(7,8)9)16-17-43-57-30-19-25-18-28(40(25,10)11)42(30,13)58-43/h14-15,20,23,25-26,28,30H,16-19,21-22H2,1-13H3,(H,44,45)(H,46,50)/t25-,28-,30+,41?,42-/m0/s1. The maximum absolute atomic E-state index is 14.1. The molecule has 318 valence electrons. The fourth-order valence-electron chi connectivity index (χ4n) is 8.69. The van der Waals surface area contributed by atoms with E-state index in [2.05, 4.69) is 36.1 Å². The fraction of sp³-hybridized carbons (Fsp3) is 0.690. The minimum absolute atomic E-state index is 0.000716. The number of ether oxygens (including phenoxy) is 5. The second-order valence-electron chi connectivity index (χ2n) is 20.1. The average Bonchev–Trinajstić information content (AvgIpc) is 3.70. The highest BCUT2D eigenvalue weighted by atomic mass is 16.7. The van der Waals surface area contributed by atoms with Crippen LogP contribution < -0.4 is 14.8 Å². The molecule has 58 heavy (non-hydrogen) atoms. The minimum atomic E-state index is -1.54. The molecule has 2 saturated heterocycles. The van der Waals surface area contributed by atoms with Gasteiger partial charge in [-0.3, -0.25) is 4.79 Å². The normalized spacial score (nSPS) is 25.0. The van der Waals surface area contributed by atoms with Crippen LogP contribution in [0.3, 0.4) is 0 Å². The second-order valence-corrected chi connectivity index (χ2v) is 20.1. The molecule has 5 atom stereocenters. The Labute approximate surface area is 342 Å². The van der Waals surface area contributed by atoms with E-state index >= 15 is 0 Å². The van der Waals surface area contributed by atoms with Gasteiger partial charge in [0.05, 0.1) is 43.0 Å². The highest BCUT2D eigenvalue weighted by molar-refractivity contribution is 6.45. The van der Waals surface area contributed by atoms with Crippen LogP contribution in [0.2, 0.25) is 6.32 Å². The number of aryl methyl sites for hydroxylation is 1. The number of likely N-dealkylation sites (tertiary alicyclic amines) is 1. The van der Waals surface area contributed by atoms with Crippen molar-refractivity contribution < 1.29 is 52.2 Å². The SMILES string of the molecule is CC(C)(C)OC(=O)NC(C)(C(=O)N1CC(Oc2ccc(CCB3O[C@@H]4C[C@@H]5C[C@@H](C5(C)C)[C@]4(C)O3)c(OC(=O)OC(C)(C)C)c2C(=O)OC(C)(C)C)C1)c1cnc[nH]1. The van der Waals surface area contributed by atoms with Crippen LogP contribution >= 0.6 is 0 Å². The monoisotopic (exact) mass is 808 g/mol. The Balaban J connectivity index is 1.25. The van der Waals surface area contributed by atoms with Gasteiger partial charge in [0.2, 0.25) is 0 Å². The van der Waals surface area contributed by atoms with E-state index in [-0.39, 0.29) is 41.7 Å². The number of rotatable bonds is 10. The molecule has 1 aromatic carbocycles. The molecule has 15 nitrogen and oxygen atoms in total. The minimum Gasteiger partial charge on any atom is -0.486 e. The molecule has 2 N–H and O–H groups in total. The lowest BCUT2D eigenvalue weighted by Gasteiger charge is -2.64. The van der Waals surface area contributed by atoms with Gasteiger partial charge in [-0.25, -0.2) is 19.4 Å². The van der Waals surface area contributed by atoms with Crippen molar-refractivity contribution in [2.75, 3.05) is 13.1 Å². The first-order valence-electron chi connectivity index (χ1n) is 20.3. The number of hydrogen-bond donors (Lipinski definition) is 2. The Morgan fingerprint density at radius 1 is 0.931 bits per heavy atom. The molecular formula is C42H61BN4O11. The molecule has 16 heteroatoms. The molecule has 1 aromatic heterocycles. The third kappa shape index (κ3) is 8.97. The molecule has 2 bridgehead atoms. The van der Waals surface area contributed by atoms with Crippen LogP contribution in [0.4, 0.5) is 9.59 Å². The number of carbonyl (C=O) groups is 4. The predicted octanol–water partition coefficient (Wildman–Crippen LogP) is 6.98. The zero-order valence-electron chi connectivity index (χ0n) is 36.3. The molecule has 2 aliphatic heterocycles. The Morgan fingerprint density at radius 2 is 1.59 bits per heavy atom. The molecule has 0 spiro atoms. The van der Waals surface area contributed by atoms with Gasteiger partial charge < -0.3 is 48.2 Å². The number of amides is 2. The first-order valence-corrected chi connectivity index (χ1v) is 20.3. The van der Waals surface area contributed by atoms with Crippen LogP contribution in [0.5, 0.6) is 11.5 Å². The van der Waals surface area contributed by atoms with Gasteiger partial charge in [-0.1, -0.05) is 19.9 Å². The average molecular weight is 809 g/mol. The summed E-state index contributed by atoms with van der Waals surface area (Å²) >= 11 is 0. The Bertz CT molecular complexity index is 1890. The van der Waals surface area contributed by atoms with E-state index in [1.54, 1.807) is 81.4 Å². The van der Waals surface area contributed by atoms with E-state index < -0.39 is 65.3 Å². The lowest BCUT2D eigenvalue weighted by molar-refractivity contribution is -0.199. The quantitative estimate of drug-likeness (QED) is 0.109. The predicted molar refractivity (Wildman–Crippen MR) is 213 cm³/mol. The van der Waals surface area contributed by atoms with E-state index in [4.69, 9.17) is 33.0 Å². The van der Waals surface area contributed by atoms with Gasteiger partial charge in [0.15, 0.2) is 11.3 Å². The topological polar surface area (TPSA) is 177 Å². The number of carbonyl (C=O) groups excluding carboxylic acids is 4. The highest BCUT2D eigenvalue weighted by Gasteiger charge is 2.67. The third-order valence-electron chi connectivity index (χ3n) is 11.7. The zero-order chi connectivity index (χ0) is 42.8. The van der Waals surface area contributed by atoms with Crippen LogP contribution in [-0.4, -0.2) is 93.8 Å². The molecule has 0 radical (unpaired) electrons. The van der Waals surface area contributed by atoms with Crippen molar-refractivity contribution in [3.05, 3.63) is 41.5 Å². The summed E-state index contributed by atoms with van der Waals surface area (Å²) in [5.74, 6) is -0.140. The van der Waals surface area contributed by atoms with Gasteiger partial charge in [-0.2, -0.15) is 0 Å². The molecule has 2 amide bonds. The van der Waals surface area contributed by atoms with E-state index in [0.29, 0.717) is 35.8 Å². The van der Waals surface area contributed by atoms with Crippen LogP contribution in [-0.2, 0) is 40.3 Å². The second kappa shape index (κ2) is 15.1. The number of nitrogens with zero attached hydrogens (tertiary/aromatic N) is 2. The molecule has 2 aromatic rings. The number of aromatic nitrogens is 2. The summed E-state index contributed by atoms with van der Waals surface area (Å²) in [7, 11) is -0.490. The van der Waals surface area contributed by atoms with Crippen molar-refractivity contribution in [1.82, 2.24) is 20.2 Å². The maximum atomic E-state index is 14.1. The van der Waals surface area contributed by atoms with Crippen molar-refractivity contribution >= 4 is 31.2 Å². The maximum Gasteiger partial charge on any atom is 0.514 e. The fourth-order valence-corrected chi connectivity index (χ4v) is 8.69. The first kappa shape index (κ1) is 43.3. The summed E-state index contributed by atoms with van der Waals surface area (Å²) in [6.45, 7) is 24.1. The largest absolute Gasteiger partial charge is 0.514 e. The number of H-pyrrole nitrogens is 1. The number of benzene rings is 1. The zero-order valence-corrected chi connectivity index (χ0v) is 36.3. The highest BCUT2D eigenvalue weighted by Crippen LogP contribution is 2.65. The van der Waals surface area contributed by atoms with E-state index in [0.717, 1.165) is 12.8 Å². The van der Waals surface area contributed by atoms with Crippen LogP contribution in [0, 0.1) is 17.3 Å². The summed E-state index contributed by atoms with van der Waals surface area (Å²) in [6, 6.07) is 3.39. The Morgan fingerprint density at radius 3 is 2.17 bits per heavy atom. The van der Waals surface area contributed by atoms with E-state index in [1.165, 1.54) is 17.4 Å². The molecule has 3 aliphatic carbocycles. The number of imidazole rings is 1. The van der Waals surface area contributed by atoms with Gasteiger partial charge >= 0.3 is 25.3 Å².